The van der Waals surface area contributed by atoms with Crippen molar-refractivity contribution in [3.05, 3.63) is 53.1 Å². The smallest absolute Gasteiger partial charge is 0.161 e. The number of nitrogens with one attached hydrogen (secondary N) is 1. The molecule has 2 aliphatic heterocycles. The molecule has 2 aliphatic rings. The molecule has 2 aromatic carbocycles. The van der Waals surface area contributed by atoms with Gasteiger partial charge in [-0.3, -0.25) is 0 Å². The molecule has 1 fully saturated rings. The highest BCUT2D eigenvalue weighted by molar-refractivity contribution is 5.59. The summed E-state index contributed by atoms with van der Waals surface area (Å²) in [5.41, 5.74) is 4.99. The van der Waals surface area contributed by atoms with E-state index in [1.54, 1.807) is 0 Å². The van der Waals surface area contributed by atoms with Crippen molar-refractivity contribution in [3.8, 4) is 11.5 Å². The lowest BCUT2D eigenvalue weighted by Crippen LogP contribution is -2.36. The molecule has 0 aromatic heterocycles. The van der Waals surface area contributed by atoms with Crippen molar-refractivity contribution in [2.45, 2.75) is 45.8 Å². The summed E-state index contributed by atoms with van der Waals surface area (Å²) in [6.45, 7) is 8.24. The molecule has 4 rings (SSSR count). The lowest BCUT2D eigenvalue weighted by Gasteiger charge is -2.43. The van der Waals surface area contributed by atoms with Gasteiger partial charge in [-0.2, -0.15) is 0 Å². The maximum absolute atomic E-state index is 6.26. The molecule has 0 aliphatic carbocycles. The molecule has 4 nitrogen and oxygen atoms in total. The molecule has 27 heavy (non-hydrogen) atoms. The van der Waals surface area contributed by atoms with Gasteiger partial charge in [0.15, 0.2) is 11.5 Å². The van der Waals surface area contributed by atoms with Crippen molar-refractivity contribution in [2.24, 2.45) is 5.92 Å². The fourth-order valence-corrected chi connectivity index (χ4v) is 4.38. The number of hydrogen-bond donors (Lipinski definition) is 1. The van der Waals surface area contributed by atoms with Crippen LogP contribution in [0.25, 0.3) is 0 Å². The SMILES string of the molecule is CCOc1ccc(C2Nc3ccc(C)cc3C3OCCCC23)cc1OCC. The molecule has 144 valence electrons. The topological polar surface area (TPSA) is 39.7 Å². The predicted octanol–water partition coefficient (Wildman–Crippen LogP) is 5.43. The monoisotopic (exact) mass is 367 g/mol. The standard InChI is InChI=1S/C23H29NO3/c1-4-25-20-11-9-16(14-21(20)26-5-2)22-17-7-6-12-27-23(17)18-13-15(3)8-10-19(18)24-22/h8-11,13-14,17,22-24H,4-7,12H2,1-3H3. The summed E-state index contributed by atoms with van der Waals surface area (Å²) in [6.07, 6.45) is 2.42. The quantitative estimate of drug-likeness (QED) is 0.765. The minimum Gasteiger partial charge on any atom is -0.490 e. The normalized spacial score (nSPS) is 23.7. The molecule has 2 heterocycles. The van der Waals surface area contributed by atoms with E-state index in [1.807, 2.05) is 19.9 Å². The van der Waals surface area contributed by atoms with Gasteiger partial charge in [0.25, 0.3) is 0 Å². The summed E-state index contributed by atoms with van der Waals surface area (Å²) >= 11 is 0. The predicted molar refractivity (Wildman–Crippen MR) is 108 cm³/mol. The number of aryl methyl sites for hydroxylation is 1. The Hall–Kier alpha value is -2.20. The lowest BCUT2D eigenvalue weighted by molar-refractivity contribution is -0.0381. The number of fused-ring (bicyclic) bond motifs is 3. The van der Waals surface area contributed by atoms with Crippen LogP contribution in [0.2, 0.25) is 0 Å². The maximum atomic E-state index is 6.26. The van der Waals surface area contributed by atoms with Gasteiger partial charge < -0.3 is 19.5 Å². The first kappa shape index (κ1) is 18.2. The van der Waals surface area contributed by atoms with Crippen LogP contribution >= 0.6 is 0 Å². The zero-order valence-electron chi connectivity index (χ0n) is 16.5. The second-order valence-corrected chi connectivity index (χ2v) is 7.38. The average Bonchev–Trinajstić information content (AvgIpc) is 2.69. The van der Waals surface area contributed by atoms with E-state index in [1.165, 1.54) is 22.4 Å². The average molecular weight is 367 g/mol. The van der Waals surface area contributed by atoms with E-state index in [0.29, 0.717) is 19.1 Å². The summed E-state index contributed by atoms with van der Waals surface area (Å²) in [5, 5.41) is 3.78. The highest BCUT2D eigenvalue weighted by Crippen LogP contribution is 2.50. The second kappa shape index (κ2) is 7.81. The van der Waals surface area contributed by atoms with Gasteiger partial charge in [0.05, 0.1) is 25.4 Å². The van der Waals surface area contributed by atoms with E-state index >= 15 is 0 Å². The highest BCUT2D eigenvalue weighted by Gasteiger charge is 2.40. The molecule has 0 spiro atoms. The fourth-order valence-electron chi connectivity index (χ4n) is 4.38. The Morgan fingerprint density at radius 1 is 1.04 bits per heavy atom. The second-order valence-electron chi connectivity index (χ2n) is 7.38. The molecule has 0 radical (unpaired) electrons. The Labute approximate surface area is 161 Å². The molecule has 3 atom stereocenters. The van der Waals surface area contributed by atoms with Gasteiger partial charge in [0, 0.05) is 23.8 Å². The largest absolute Gasteiger partial charge is 0.490 e. The number of anilines is 1. The minimum atomic E-state index is 0.155. The van der Waals surface area contributed by atoms with Crippen molar-refractivity contribution in [2.75, 3.05) is 25.1 Å². The van der Waals surface area contributed by atoms with Gasteiger partial charge in [0.2, 0.25) is 0 Å². The number of rotatable bonds is 5. The summed E-state index contributed by atoms with van der Waals surface area (Å²) in [6, 6.07) is 13.2. The van der Waals surface area contributed by atoms with Crippen LogP contribution in [-0.4, -0.2) is 19.8 Å². The Morgan fingerprint density at radius 2 is 1.85 bits per heavy atom. The molecule has 4 heteroatoms. The fraction of sp³-hybridized carbons (Fsp3) is 0.478. The van der Waals surface area contributed by atoms with Crippen LogP contribution in [0.5, 0.6) is 11.5 Å². The van der Waals surface area contributed by atoms with Crippen LogP contribution in [0, 0.1) is 12.8 Å². The summed E-state index contributed by atoms with van der Waals surface area (Å²) in [4.78, 5) is 0. The third kappa shape index (κ3) is 3.51. The maximum Gasteiger partial charge on any atom is 0.161 e. The van der Waals surface area contributed by atoms with Gasteiger partial charge >= 0.3 is 0 Å². The molecular formula is C23H29NO3. The Balaban J connectivity index is 1.72. The van der Waals surface area contributed by atoms with Crippen LogP contribution < -0.4 is 14.8 Å². The van der Waals surface area contributed by atoms with E-state index < -0.39 is 0 Å². The van der Waals surface area contributed by atoms with Crippen LogP contribution in [0.4, 0.5) is 5.69 Å². The molecule has 0 saturated carbocycles. The van der Waals surface area contributed by atoms with E-state index in [0.717, 1.165) is 30.9 Å². The van der Waals surface area contributed by atoms with Gasteiger partial charge in [-0.25, -0.2) is 0 Å². The van der Waals surface area contributed by atoms with Crippen LogP contribution in [0.1, 0.15) is 55.5 Å². The zero-order valence-corrected chi connectivity index (χ0v) is 16.5. The molecule has 2 aromatic rings. The van der Waals surface area contributed by atoms with Gasteiger partial charge in [-0.15, -0.1) is 0 Å². The zero-order chi connectivity index (χ0) is 18.8. The highest BCUT2D eigenvalue weighted by atomic mass is 16.5. The van der Waals surface area contributed by atoms with Gasteiger partial charge in [0.1, 0.15) is 0 Å². The first-order chi connectivity index (χ1) is 13.2. The van der Waals surface area contributed by atoms with E-state index in [-0.39, 0.29) is 12.1 Å². The summed E-state index contributed by atoms with van der Waals surface area (Å²) in [5.74, 6) is 2.05. The molecule has 1 N–H and O–H groups in total. The first-order valence-electron chi connectivity index (χ1n) is 10.1. The Morgan fingerprint density at radius 3 is 2.67 bits per heavy atom. The van der Waals surface area contributed by atoms with E-state index in [4.69, 9.17) is 14.2 Å². The van der Waals surface area contributed by atoms with Crippen molar-refractivity contribution in [1.29, 1.82) is 0 Å². The van der Waals surface area contributed by atoms with E-state index in [9.17, 15) is 0 Å². The molecule has 0 bridgehead atoms. The Bertz CT molecular complexity index is 804. The summed E-state index contributed by atoms with van der Waals surface area (Å²) in [7, 11) is 0. The van der Waals surface area contributed by atoms with Crippen molar-refractivity contribution in [3.63, 3.8) is 0 Å². The van der Waals surface area contributed by atoms with Crippen molar-refractivity contribution >= 4 is 5.69 Å². The molecule has 0 amide bonds. The molecule has 3 unspecified atom stereocenters. The van der Waals surface area contributed by atoms with Crippen molar-refractivity contribution in [1.82, 2.24) is 0 Å². The summed E-state index contributed by atoms with van der Waals surface area (Å²) < 4.78 is 17.9. The minimum absolute atomic E-state index is 0.155. The first-order valence-corrected chi connectivity index (χ1v) is 10.1. The van der Waals surface area contributed by atoms with Crippen LogP contribution in [0.3, 0.4) is 0 Å². The lowest BCUT2D eigenvalue weighted by atomic mass is 9.77. The van der Waals surface area contributed by atoms with Crippen molar-refractivity contribution < 1.29 is 14.2 Å². The Kier molecular flexibility index (Phi) is 5.26. The third-order valence-corrected chi connectivity index (χ3v) is 5.55. The number of benzene rings is 2. The van der Waals surface area contributed by atoms with Crippen LogP contribution in [0.15, 0.2) is 36.4 Å². The van der Waals surface area contributed by atoms with E-state index in [2.05, 4.69) is 42.6 Å². The number of ether oxygens (including phenoxy) is 3. The van der Waals surface area contributed by atoms with Crippen LogP contribution in [-0.2, 0) is 4.74 Å². The third-order valence-electron chi connectivity index (χ3n) is 5.55. The van der Waals surface area contributed by atoms with Gasteiger partial charge in [-0.1, -0.05) is 23.8 Å². The number of hydrogen-bond acceptors (Lipinski definition) is 4. The van der Waals surface area contributed by atoms with Gasteiger partial charge in [-0.05, 0) is 57.4 Å². The molecular weight excluding hydrogens is 338 g/mol. The molecule has 1 saturated heterocycles.